The maximum Gasteiger partial charge on any atom is 0.316 e. The summed E-state index contributed by atoms with van der Waals surface area (Å²) in [6, 6.07) is 4.37. The maximum atomic E-state index is 5.61. The highest BCUT2D eigenvalue weighted by molar-refractivity contribution is 5.31. The van der Waals surface area contributed by atoms with E-state index in [-0.39, 0.29) is 6.04 Å². The molecule has 0 bridgehead atoms. The van der Waals surface area contributed by atoms with Crippen molar-refractivity contribution in [1.82, 2.24) is 15.2 Å². The molecule has 4 rings (SSSR count). The van der Waals surface area contributed by atoms with E-state index in [9.17, 15) is 0 Å². The molecule has 6 nitrogen and oxygen atoms in total. The van der Waals surface area contributed by atoms with Crippen LogP contribution >= 0.6 is 0 Å². The zero-order valence-electron chi connectivity index (χ0n) is 10.4. The van der Waals surface area contributed by atoms with Crippen LogP contribution in [-0.4, -0.2) is 21.8 Å². The van der Waals surface area contributed by atoms with Crippen molar-refractivity contribution >= 4 is 6.01 Å². The van der Waals surface area contributed by atoms with Gasteiger partial charge in [0.2, 0.25) is 5.89 Å². The molecule has 1 atom stereocenters. The van der Waals surface area contributed by atoms with Gasteiger partial charge in [-0.25, -0.2) is 0 Å². The van der Waals surface area contributed by atoms with Gasteiger partial charge < -0.3 is 14.5 Å². The van der Waals surface area contributed by atoms with Gasteiger partial charge in [-0.15, -0.1) is 5.10 Å². The van der Waals surface area contributed by atoms with Crippen LogP contribution in [0.5, 0.6) is 0 Å². The van der Waals surface area contributed by atoms with E-state index in [1.807, 2.05) is 12.1 Å². The van der Waals surface area contributed by atoms with Crippen LogP contribution in [0.1, 0.15) is 41.9 Å². The molecule has 2 aromatic rings. The summed E-state index contributed by atoms with van der Waals surface area (Å²) < 4.78 is 11.2. The lowest BCUT2D eigenvalue weighted by molar-refractivity contribution is 0.0945. The molecule has 2 aliphatic rings. The van der Waals surface area contributed by atoms with Gasteiger partial charge in [-0.2, -0.15) is 0 Å². The third-order valence-corrected chi connectivity index (χ3v) is 3.46. The van der Waals surface area contributed by atoms with E-state index in [0.29, 0.717) is 25.1 Å². The van der Waals surface area contributed by atoms with Crippen molar-refractivity contribution in [2.24, 2.45) is 0 Å². The number of anilines is 1. The predicted octanol–water partition coefficient (Wildman–Crippen LogP) is 2.03. The van der Waals surface area contributed by atoms with E-state index in [1.165, 1.54) is 0 Å². The topological polar surface area (TPSA) is 73.1 Å². The Morgan fingerprint density at radius 3 is 3.11 bits per heavy atom. The Balaban J connectivity index is 1.56. The van der Waals surface area contributed by atoms with Gasteiger partial charge in [-0.1, -0.05) is 11.2 Å². The number of rotatable bonds is 3. The zero-order valence-corrected chi connectivity index (χ0v) is 10.4. The number of ether oxygens (including phenoxy) is 1. The molecule has 1 aliphatic carbocycles. The molecule has 0 radical (unpaired) electrons. The van der Waals surface area contributed by atoms with Gasteiger partial charge in [0.25, 0.3) is 0 Å². The highest BCUT2D eigenvalue weighted by Gasteiger charge is 2.30. The molecule has 1 unspecified atom stereocenters. The van der Waals surface area contributed by atoms with Crippen molar-refractivity contribution < 1.29 is 9.15 Å². The van der Waals surface area contributed by atoms with Crippen molar-refractivity contribution in [3.05, 3.63) is 35.5 Å². The quantitative estimate of drug-likeness (QED) is 0.908. The first-order chi connectivity index (χ1) is 9.40. The van der Waals surface area contributed by atoms with Crippen LogP contribution in [0.25, 0.3) is 0 Å². The Bertz CT molecular complexity index is 594. The predicted molar refractivity (Wildman–Crippen MR) is 66.5 cm³/mol. The standard InChI is InChI=1S/C13H14N4O2/c1-2-9-6-18-7-10(11(9)14-5-1)15-13-17-16-12(19-13)8-3-4-8/h1-2,5,8,10H,3-4,6-7H2,(H,15,17). The number of fused-ring (bicyclic) bond motifs is 1. The molecule has 3 heterocycles. The fourth-order valence-electron chi connectivity index (χ4n) is 2.30. The van der Waals surface area contributed by atoms with Crippen LogP contribution < -0.4 is 5.32 Å². The van der Waals surface area contributed by atoms with E-state index < -0.39 is 0 Å². The molecule has 1 aliphatic heterocycles. The van der Waals surface area contributed by atoms with E-state index >= 15 is 0 Å². The second-order valence-electron chi connectivity index (χ2n) is 4.98. The van der Waals surface area contributed by atoms with E-state index in [2.05, 4.69) is 20.5 Å². The van der Waals surface area contributed by atoms with Crippen LogP contribution in [0, 0.1) is 0 Å². The minimum Gasteiger partial charge on any atom is -0.408 e. The number of pyridine rings is 1. The average molecular weight is 258 g/mol. The molecule has 2 aromatic heterocycles. The lowest BCUT2D eigenvalue weighted by atomic mass is 10.1. The number of aromatic nitrogens is 3. The van der Waals surface area contributed by atoms with Gasteiger partial charge in [-0.05, 0) is 18.9 Å². The Labute approximate surface area is 110 Å². The molecular weight excluding hydrogens is 244 g/mol. The second kappa shape index (κ2) is 4.31. The Hall–Kier alpha value is -1.95. The number of nitrogens with zero attached hydrogens (tertiary/aromatic N) is 3. The first kappa shape index (κ1) is 10.9. The molecule has 98 valence electrons. The van der Waals surface area contributed by atoms with Crippen molar-refractivity contribution in [3.8, 4) is 0 Å². The Morgan fingerprint density at radius 2 is 2.21 bits per heavy atom. The Morgan fingerprint density at radius 1 is 1.26 bits per heavy atom. The van der Waals surface area contributed by atoms with Gasteiger partial charge in [-0.3, -0.25) is 4.98 Å². The minimum absolute atomic E-state index is 0.0301. The fraction of sp³-hybridized carbons (Fsp3) is 0.462. The third-order valence-electron chi connectivity index (χ3n) is 3.46. The van der Waals surface area contributed by atoms with Crippen LogP contribution in [0.3, 0.4) is 0 Å². The van der Waals surface area contributed by atoms with Gasteiger partial charge in [0.15, 0.2) is 0 Å². The molecule has 0 aromatic carbocycles. The molecule has 0 amide bonds. The summed E-state index contributed by atoms with van der Waals surface area (Å²) in [5, 5.41) is 11.3. The van der Waals surface area contributed by atoms with E-state index in [1.54, 1.807) is 6.20 Å². The summed E-state index contributed by atoms with van der Waals surface area (Å²) in [5.74, 6) is 1.21. The van der Waals surface area contributed by atoms with Crippen LogP contribution in [0.2, 0.25) is 0 Å². The zero-order chi connectivity index (χ0) is 12.7. The molecule has 1 N–H and O–H groups in total. The molecule has 1 saturated carbocycles. The summed E-state index contributed by atoms with van der Waals surface area (Å²) >= 11 is 0. The van der Waals surface area contributed by atoms with Crippen LogP contribution in [-0.2, 0) is 11.3 Å². The summed E-state index contributed by atoms with van der Waals surface area (Å²) in [6.07, 6.45) is 4.10. The maximum absolute atomic E-state index is 5.61. The number of hydrogen-bond acceptors (Lipinski definition) is 6. The van der Waals surface area contributed by atoms with Crippen molar-refractivity contribution in [1.29, 1.82) is 0 Å². The summed E-state index contributed by atoms with van der Waals surface area (Å²) in [6.45, 7) is 1.17. The fourth-order valence-corrected chi connectivity index (χ4v) is 2.30. The lowest BCUT2D eigenvalue weighted by Gasteiger charge is -2.24. The molecule has 6 heteroatoms. The number of hydrogen-bond donors (Lipinski definition) is 1. The van der Waals surface area contributed by atoms with Gasteiger partial charge >= 0.3 is 6.01 Å². The smallest absolute Gasteiger partial charge is 0.316 e. The minimum atomic E-state index is -0.0301. The van der Waals surface area contributed by atoms with E-state index in [0.717, 1.165) is 30.0 Å². The largest absolute Gasteiger partial charge is 0.408 e. The highest BCUT2D eigenvalue weighted by atomic mass is 16.5. The molecule has 0 spiro atoms. The molecular formula is C13H14N4O2. The van der Waals surface area contributed by atoms with Gasteiger partial charge in [0.05, 0.1) is 24.9 Å². The monoisotopic (exact) mass is 258 g/mol. The summed E-state index contributed by atoms with van der Waals surface area (Å²) in [4.78, 5) is 4.42. The lowest BCUT2D eigenvalue weighted by Crippen LogP contribution is -2.24. The van der Waals surface area contributed by atoms with Crippen molar-refractivity contribution in [3.63, 3.8) is 0 Å². The average Bonchev–Trinajstić information content (AvgIpc) is 3.20. The van der Waals surface area contributed by atoms with Crippen molar-refractivity contribution in [2.45, 2.75) is 31.4 Å². The van der Waals surface area contributed by atoms with Crippen molar-refractivity contribution in [2.75, 3.05) is 11.9 Å². The Kier molecular flexibility index (Phi) is 2.48. The first-order valence-corrected chi connectivity index (χ1v) is 6.51. The first-order valence-electron chi connectivity index (χ1n) is 6.51. The summed E-state index contributed by atoms with van der Waals surface area (Å²) in [5.41, 5.74) is 2.10. The molecule has 19 heavy (non-hydrogen) atoms. The summed E-state index contributed by atoms with van der Waals surface area (Å²) in [7, 11) is 0. The SMILES string of the molecule is c1cnc2c(c1)COCC2Nc1nnc(C2CC2)o1. The third kappa shape index (κ3) is 2.08. The molecule has 0 saturated heterocycles. The van der Waals surface area contributed by atoms with Crippen LogP contribution in [0.4, 0.5) is 6.01 Å². The van der Waals surface area contributed by atoms with E-state index in [4.69, 9.17) is 9.15 Å². The van der Waals surface area contributed by atoms with Gasteiger partial charge in [0.1, 0.15) is 0 Å². The normalized spacial score (nSPS) is 22.0. The molecule has 1 fully saturated rings. The second-order valence-corrected chi connectivity index (χ2v) is 4.98. The van der Waals surface area contributed by atoms with Crippen LogP contribution in [0.15, 0.2) is 22.7 Å². The highest BCUT2D eigenvalue weighted by Crippen LogP contribution is 2.39. The number of nitrogens with one attached hydrogen (secondary N) is 1. The van der Waals surface area contributed by atoms with Gasteiger partial charge in [0, 0.05) is 17.7 Å².